The van der Waals surface area contributed by atoms with Gasteiger partial charge in [0.05, 0.1) is 11.8 Å². The largest absolute Gasteiger partial charge is 0.336 e. The summed E-state index contributed by atoms with van der Waals surface area (Å²) in [6.45, 7) is 1.87. The molecule has 0 aromatic rings. The Balaban J connectivity index is 4.60. The monoisotopic (exact) mass is 306 g/mol. The summed E-state index contributed by atoms with van der Waals surface area (Å²) >= 11 is 20.8. The third kappa shape index (κ3) is 4.81. The van der Waals surface area contributed by atoms with E-state index in [1.54, 1.807) is 0 Å². The van der Waals surface area contributed by atoms with Gasteiger partial charge in [-0.15, -0.1) is 46.4 Å². The molecular weight excluding hydrogens is 297 g/mol. The second-order valence-electron chi connectivity index (χ2n) is 3.08. The van der Waals surface area contributed by atoms with Crippen molar-refractivity contribution in [2.45, 2.75) is 20.7 Å². The van der Waals surface area contributed by atoms with Gasteiger partial charge >= 0.3 is 14.1 Å². The molecule has 0 amide bonds. The highest BCUT2D eigenvalue weighted by atomic mass is 35.5. The average molecular weight is 308 g/mol. The van der Waals surface area contributed by atoms with Crippen LogP contribution in [0.25, 0.3) is 0 Å². The standard InChI is InChI=1S/2C3H3Cl2O.C2H5.Al/c2*4-1-3(6)2-5;1-2;/h2*1H,2H2;1H2,2H3;. The van der Waals surface area contributed by atoms with E-state index < -0.39 is 22.6 Å². The van der Waals surface area contributed by atoms with Crippen LogP contribution in [0.5, 0.6) is 0 Å². The van der Waals surface area contributed by atoms with Crippen LogP contribution in [0.3, 0.4) is 0 Å². The molecule has 0 spiro atoms. The molecule has 2 unspecified atom stereocenters. The van der Waals surface area contributed by atoms with Gasteiger partial charge in [-0.1, -0.05) is 12.2 Å². The second kappa shape index (κ2) is 8.17. The lowest BCUT2D eigenvalue weighted by Gasteiger charge is -2.17. The quantitative estimate of drug-likeness (QED) is 0.535. The Bertz CT molecular complexity index is 215. The van der Waals surface area contributed by atoms with E-state index in [1.807, 2.05) is 6.92 Å². The Labute approximate surface area is 114 Å². The van der Waals surface area contributed by atoms with Crippen molar-refractivity contribution >= 4 is 72.1 Å². The molecule has 0 rings (SSSR count). The number of ketones is 2. The minimum absolute atomic E-state index is 0.143. The molecule has 15 heavy (non-hydrogen) atoms. The summed E-state index contributed by atoms with van der Waals surface area (Å²) in [4.78, 5) is 22.6. The Morgan fingerprint density at radius 2 is 1.40 bits per heavy atom. The molecule has 0 aromatic carbocycles. The maximum atomic E-state index is 11.3. The number of carbonyl (C=O) groups is 2. The summed E-state index contributed by atoms with van der Waals surface area (Å²) < 4.78 is -1.38. The molecular formula is C8H11AlCl4O2. The van der Waals surface area contributed by atoms with Crippen LogP contribution in [-0.4, -0.2) is 46.0 Å². The molecule has 0 fully saturated rings. The number of carbonyl (C=O) groups excluding carboxylic acids is 2. The molecule has 0 aliphatic carbocycles. The van der Waals surface area contributed by atoms with Gasteiger partial charge in [0.2, 0.25) is 0 Å². The van der Waals surface area contributed by atoms with E-state index in [0.717, 1.165) is 0 Å². The average Bonchev–Trinajstić information content (AvgIpc) is 2.27. The van der Waals surface area contributed by atoms with Crippen molar-refractivity contribution < 1.29 is 9.59 Å². The Morgan fingerprint density at radius 3 is 1.60 bits per heavy atom. The van der Waals surface area contributed by atoms with E-state index in [2.05, 4.69) is 0 Å². The molecule has 2 nitrogen and oxygen atoms in total. The summed E-state index contributed by atoms with van der Waals surface area (Å²) in [5.74, 6) is -0.804. The van der Waals surface area contributed by atoms with E-state index in [0.29, 0.717) is 5.28 Å². The number of halogens is 4. The Morgan fingerprint density at radius 1 is 1.07 bits per heavy atom. The maximum Gasteiger partial charge on any atom is 0.336 e. The number of Topliss-reactive ketones (excluding diaryl/α,β-unsaturated/α-hetero) is 2. The van der Waals surface area contributed by atoms with E-state index in [9.17, 15) is 9.59 Å². The predicted molar refractivity (Wildman–Crippen MR) is 67.0 cm³/mol. The van der Waals surface area contributed by atoms with Crippen molar-refractivity contribution in [3.63, 3.8) is 0 Å². The van der Waals surface area contributed by atoms with Crippen LogP contribution in [0.2, 0.25) is 5.28 Å². The molecule has 0 heterocycles. The van der Waals surface area contributed by atoms with Gasteiger partial charge in [0.25, 0.3) is 0 Å². The van der Waals surface area contributed by atoms with Crippen LogP contribution < -0.4 is 0 Å². The van der Waals surface area contributed by atoms with Crippen LogP contribution >= 0.6 is 46.4 Å². The van der Waals surface area contributed by atoms with Crippen molar-refractivity contribution in [1.82, 2.24) is 0 Å². The smallest absolute Gasteiger partial charge is 0.298 e. The topological polar surface area (TPSA) is 34.1 Å². The molecule has 0 bridgehead atoms. The summed E-state index contributed by atoms with van der Waals surface area (Å²) in [5.41, 5.74) is 0. The minimum Gasteiger partial charge on any atom is -0.298 e. The van der Waals surface area contributed by atoms with Gasteiger partial charge < -0.3 is 0 Å². The summed E-state index contributed by atoms with van der Waals surface area (Å²) in [6.07, 6.45) is 0. The SMILES string of the molecule is C[CH2][Al]([CH](Cl)C(=O)CCl)[CH](Cl)C(=O)CCl. The fourth-order valence-electron chi connectivity index (χ4n) is 1.19. The summed E-state index contributed by atoms with van der Waals surface area (Å²) in [6, 6.07) is 0. The van der Waals surface area contributed by atoms with Crippen LogP contribution in [0.15, 0.2) is 0 Å². The molecule has 0 radical (unpaired) electrons. The molecule has 86 valence electrons. The van der Waals surface area contributed by atoms with E-state index in [4.69, 9.17) is 46.4 Å². The zero-order valence-electron chi connectivity index (χ0n) is 8.18. The van der Waals surface area contributed by atoms with E-state index >= 15 is 0 Å². The van der Waals surface area contributed by atoms with Gasteiger partial charge in [-0.3, -0.25) is 9.59 Å². The Hall–Kier alpha value is 1.03. The van der Waals surface area contributed by atoms with Crippen molar-refractivity contribution in [2.75, 3.05) is 11.8 Å². The summed E-state index contributed by atoms with van der Waals surface area (Å²) in [5, 5.41) is 0.660. The van der Waals surface area contributed by atoms with Gasteiger partial charge in [0, 0.05) is 8.48 Å². The van der Waals surface area contributed by atoms with Crippen molar-refractivity contribution in [2.24, 2.45) is 0 Å². The molecule has 2 atom stereocenters. The van der Waals surface area contributed by atoms with Gasteiger partial charge in [-0.25, -0.2) is 0 Å². The van der Waals surface area contributed by atoms with Crippen molar-refractivity contribution in [3.8, 4) is 0 Å². The zero-order chi connectivity index (χ0) is 12.0. The molecule has 0 saturated carbocycles. The third-order valence-corrected chi connectivity index (χ3v) is 8.25. The third-order valence-electron chi connectivity index (χ3n) is 2.10. The second-order valence-corrected chi connectivity index (χ2v) is 8.87. The van der Waals surface area contributed by atoms with Crippen LogP contribution in [0.1, 0.15) is 6.92 Å². The first-order valence-corrected chi connectivity index (χ1v) is 8.54. The predicted octanol–water partition coefficient (Wildman–Crippen LogP) is 2.41. The molecule has 7 heteroatoms. The molecule has 0 N–H and O–H groups in total. The van der Waals surface area contributed by atoms with E-state index in [-0.39, 0.29) is 23.3 Å². The first-order valence-electron chi connectivity index (χ1n) is 4.45. The van der Waals surface area contributed by atoms with Crippen molar-refractivity contribution in [1.29, 1.82) is 0 Å². The maximum absolute atomic E-state index is 11.3. The molecule has 0 aliphatic heterocycles. The highest BCUT2D eigenvalue weighted by molar-refractivity contribution is 6.85. The first-order chi connectivity index (χ1) is 6.99. The van der Waals surface area contributed by atoms with Gasteiger partial charge in [0.15, 0.2) is 11.6 Å². The van der Waals surface area contributed by atoms with Gasteiger partial charge in [0.1, 0.15) is 0 Å². The molecule has 0 aliphatic rings. The molecule has 0 aromatic heterocycles. The van der Waals surface area contributed by atoms with Crippen LogP contribution in [0, 0.1) is 0 Å². The fourth-order valence-corrected chi connectivity index (χ4v) is 6.61. The van der Waals surface area contributed by atoms with E-state index in [1.165, 1.54) is 0 Å². The van der Waals surface area contributed by atoms with Crippen LogP contribution in [0.4, 0.5) is 0 Å². The molecule has 0 saturated heterocycles. The minimum atomic E-state index is -1.89. The number of alkyl halides is 4. The zero-order valence-corrected chi connectivity index (χ0v) is 12.4. The van der Waals surface area contributed by atoms with Gasteiger partial charge in [-0.2, -0.15) is 0 Å². The highest BCUT2D eigenvalue weighted by Gasteiger charge is 2.39. The first kappa shape index (κ1) is 16.0. The normalized spacial score (nSPS) is 14.5. The lowest BCUT2D eigenvalue weighted by Crippen LogP contribution is -2.45. The number of hydrogen-bond donors (Lipinski definition) is 0. The van der Waals surface area contributed by atoms with Crippen LogP contribution in [-0.2, 0) is 9.59 Å². The lowest BCUT2D eigenvalue weighted by molar-refractivity contribution is -0.115. The van der Waals surface area contributed by atoms with Gasteiger partial charge in [-0.05, 0) is 0 Å². The van der Waals surface area contributed by atoms with Crippen molar-refractivity contribution in [3.05, 3.63) is 0 Å². The Kier molecular flexibility index (Phi) is 8.73. The lowest BCUT2D eigenvalue weighted by atomic mass is 10.5. The fraction of sp³-hybridized carbons (Fsp3) is 0.750. The number of rotatable bonds is 7. The highest BCUT2D eigenvalue weighted by Crippen LogP contribution is 2.17. The number of hydrogen-bond acceptors (Lipinski definition) is 2. The summed E-state index contributed by atoms with van der Waals surface area (Å²) in [7, 11) is 0.